The SMILES string of the molecule is CC1(C)c2ccccc2-c2cc(N(c3ccc(-c4ccc5c(c4)c4ccccc4n5-c4ccccc4-c4ccccc4)cc3)c3cccc(-c4ccccc4)c3)ccc21. The zero-order valence-electron chi connectivity index (χ0n) is 33.2. The van der Waals surface area contributed by atoms with Gasteiger partial charge >= 0.3 is 0 Å². The quantitative estimate of drug-likeness (QED) is 0.157. The van der Waals surface area contributed by atoms with E-state index in [1.54, 1.807) is 0 Å². The average molecular weight is 755 g/mol. The van der Waals surface area contributed by atoms with E-state index in [2.05, 4.69) is 242 Å². The summed E-state index contributed by atoms with van der Waals surface area (Å²) in [7, 11) is 0. The van der Waals surface area contributed by atoms with Gasteiger partial charge in [-0.3, -0.25) is 0 Å². The first-order chi connectivity index (χ1) is 29.0. The van der Waals surface area contributed by atoms with E-state index in [0.29, 0.717) is 0 Å². The lowest BCUT2D eigenvalue weighted by atomic mass is 9.82. The average Bonchev–Trinajstić information content (AvgIpc) is 3.75. The maximum Gasteiger partial charge on any atom is 0.0541 e. The highest BCUT2D eigenvalue weighted by molar-refractivity contribution is 6.11. The van der Waals surface area contributed by atoms with Gasteiger partial charge in [-0.1, -0.05) is 172 Å². The largest absolute Gasteiger partial charge is 0.310 e. The van der Waals surface area contributed by atoms with Gasteiger partial charge in [0.1, 0.15) is 0 Å². The topological polar surface area (TPSA) is 8.17 Å². The molecule has 10 aromatic rings. The molecule has 1 aromatic heterocycles. The van der Waals surface area contributed by atoms with Crippen molar-refractivity contribution in [3.8, 4) is 50.2 Å². The number of rotatable bonds is 7. The molecule has 0 radical (unpaired) electrons. The number of para-hydroxylation sites is 2. The number of hydrogen-bond donors (Lipinski definition) is 0. The molecule has 280 valence electrons. The monoisotopic (exact) mass is 754 g/mol. The van der Waals surface area contributed by atoms with Crippen LogP contribution in [-0.4, -0.2) is 4.57 Å². The summed E-state index contributed by atoms with van der Waals surface area (Å²) in [5.74, 6) is 0. The number of nitrogens with zero attached hydrogens (tertiary/aromatic N) is 2. The molecule has 1 heterocycles. The molecule has 0 atom stereocenters. The molecule has 9 aromatic carbocycles. The zero-order chi connectivity index (χ0) is 39.5. The van der Waals surface area contributed by atoms with Crippen LogP contribution < -0.4 is 4.90 Å². The van der Waals surface area contributed by atoms with Crippen molar-refractivity contribution in [2.75, 3.05) is 4.90 Å². The van der Waals surface area contributed by atoms with Crippen LogP contribution in [0.1, 0.15) is 25.0 Å². The summed E-state index contributed by atoms with van der Waals surface area (Å²) in [4.78, 5) is 2.41. The summed E-state index contributed by atoms with van der Waals surface area (Å²) in [5, 5.41) is 2.49. The molecule has 0 unspecified atom stereocenters. The molecule has 1 aliphatic carbocycles. The van der Waals surface area contributed by atoms with Crippen LogP contribution in [0.3, 0.4) is 0 Å². The summed E-state index contributed by atoms with van der Waals surface area (Å²) in [5.41, 5.74) is 19.5. The Balaban J connectivity index is 1.02. The van der Waals surface area contributed by atoms with Gasteiger partial charge in [0.25, 0.3) is 0 Å². The fourth-order valence-corrected chi connectivity index (χ4v) is 9.50. The predicted molar refractivity (Wildman–Crippen MR) is 249 cm³/mol. The van der Waals surface area contributed by atoms with E-state index in [4.69, 9.17) is 0 Å². The van der Waals surface area contributed by atoms with Crippen molar-refractivity contribution < 1.29 is 0 Å². The third-order valence-corrected chi connectivity index (χ3v) is 12.4. The van der Waals surface area contributed by atoms with Gasteiger partial charge in [0, 0.05) is 38.8 Å². The number of aromatic nitrogens is 1. The van der Waals surface area contributed by atoms with Crippen molar-refractivity contribution in [3.63, 3.8) is 0 Å². The van der Waals surface area contributed by atoms with Gasteiger partial charge in [0.05, 0.1) is 16.7 Å². The summed E-state index contributed by atoms with van der Waals surface area (Å²) in [6.45, 7) is 4.69. The van der Waals surface area contributed by atoms with Crippen LogP contribution >= 0.6 is 0 Å². The van der Waals surface area contributed by atoms with Gasteiger partial charge in [-0.15, -0.1) is 0 Å². The molecule has 0 saturated heterocycles. The lowest BCUT2D eigenvalue weighted by molar-refractivity contribution is 0.660. The summed E-state index contributed by atoms with van der Waals surface area (Å²) in [6, 6.07) is 79.8. The van der Waals surface area contributed by atoms with Crippen LogP contribution in [0, 0.1) is 0 Å². The van der Waals surface area contributed by atoms with E-state index in [1.165, 1.54) is 83.1 Å². The molecular formula is C57H42N2. The van der Waals surface area contributed by atoms with Gasteiger partial charge in [-0.2, -0.15) is 0 Å². The molecule has 0 aliphatic heterocycles. The second kappa shape index (κ2) is 13.9. The standard InChI is InChI=1S/C57H42N2/c1-57(2)52-25-12-9-23-48(52)50-38-46(33-34-53(50)57)58(45-21-15-20-42(36-45)39-16-5-3-6-17-39)44-31-28-40(29-32-44)43-30-35-56-51(37-43)49-24-11-14-27-55(49)59(56)54-26-13-10-22-47(54)41-18-7-4-8-19-41/h3-38H,1-2H3. The van der Waals surface area contributed by atoms with E-state index < -0.39 is 0 Å². The molecule has 2 heteroatoms. The van der Waals surface area contributed by atoms with E-state index in [0.717, 1.165) is 17.1 Å². The van der Waals surface area contributed by atoms with Crippen LogP contribution in [0.5, 0.6) is 0 Å². The molecule has 59 heavy (non-hydrogen) atoms. The van der Waals surface area contributed by atoms with Crippen molar-refractivity contribution in [1.29, 1.82) is 0 Å². The summed E-state index contributed by atoms with van der Waals surface area (Å²) in [6.07, 6.45) is 0. The number of benzene rings is 9. The van der Waals surface area contributed by atoms with Crippen LogP contribution in [0.15, 0.2) is 218 Å². The Morgan fingerprint density at radius 2 is 0.898 bits per heavy atom. The maximum atomic E-state index is 2.43. The normalized spacial score (nSPS) is 12.7. The lowest BCUT2D eigenvalue weighted by Crippen LogP contribution is -2.15. The highest BCUT2D eigenvalue weighted by Gasteiger charge is 2.35. The number of fused-ring (bicyclic) bond motifs is 6. The molecule has 0 spiro atoms. The van der Waals surface area contributed by atoms with Gasteiger partial charge in [-0.05, 0) is 111 Å². The molecule has 0 fully saturated rings. The van der Waals surface area contributed by atoms with Crippen molar-refractivity contribution in [1.82, 2.24) is 4.57 Å². The smallest absolute Gasteiger partial charge is 0.0541 e. The maximum absolute atomic E-state index is 2.43. The third-order valence-electron chi connectivity index (χ3n) is 12.4. The fraction of sp³-hybridized carbons (Fsp3) is 0.0526. The van der Waals surface area contributed by atoms with E-state index in [9.17, 15) is 0 Å². The molecule has 0 saturated carbocycles. The van der Waals surface area contributed by atoms with Gasteiger partial charge < -0.3 is 9.47 Å². The zero-order valence-corrected chi connectivity index (χ0v) is 33.2. The Hall–Kier alpha value is -7.42. The molecule has 11 rings (SSSR count). The summed E-state index contributed by atoms with van der Waals surface area (Å²) >= 11 is 0. The van der Waals surface area contributed by atoms with E-state index in [-0.39, 0.29) is 5.41 Å². The predicted octanol–water partition coefficient (Wildman–Crippen LogP) is 15.6. The van der Waals surface area contributed by atoms with Crippen LogP contribution in [0.2, 0.25) is 0 Å². The Kier molecular flexibility index (Phi) is 8.20. The molecule has 0 bridgehead atoms. The first-order valence-corrected chi connectivity index (χ1v) is 20.5. The van der Waals surface area contributed by atoms with Gasteiger partial charge in [-0.25, -0.2) is 0 Å². The Morgan fingerprint density at radius 1 is 0.339 bits per heavy atom. The Bertz CT molecular complexity index is 3170. The van der Waals surface area contributed by atoms with E-state index in [1.807, 2.05) is 0 Å². The highest BCUT2D eigenvalue weighted by Crippen LogP contribution is 2.51. The van der Waals surface area contributed by atoms with Crippen LogP contribution in [0.4, 0.5) is 17.1 Å². The number of hydrogen-bond acceptors (Lipinski definition) is 1. The van der Waals surface area contributed by atoms with Crippen LogP contribution in [0.25, 0.3) is 72.0 Å². The molecule has 0 N–H and O–H groups in total. The van der Waals surface area contributed by atoms with E-state index >= 15 is 0 Å². The van der Waals surface area contributed by atoms with Crippen molar-refractivity contribution >= 4 is 38.9 Å². The lowest BCUT2D eigenvalue weighted by Gasteiger charge is -2.28. The molecule has 1 aliphatic rings. The second-order valence-electron chi connectivity index (χ2n) is 16.2. The van der Waals surface area contributed by atoms with Crippen molar-refractivity contribution in [3.05, 3.63) is 230 Å². The molecular weight excluding hydrogens is 713 g/mol. The Morgan fingerprint density at radius 3 is 1.71 bits per heavy atom. The minimum atomic E-state index is -0.0527. The first-order valence-electron chi connectivity index (χ1n) is 20.5. The summed E-state index contributed by atoms with van der Waals surface area (Å²) < 4.78 is 2.43. The second-order valence-corrected chi connectivity index (χ2v) is 16.2. The highest BCUT2D eigenvalue weighted by atomic mass is 15.1. The van der Waals surface area contributed by atoms with Crippen LogP contribution in [-0.2, 0) is 5.41 Å². The minimum absolute atomic E-state index is 0.0527. The fourth-order valence-electron chi connectivity index (χ4n) is 9.50. The molecule has 2 nitrogen and oxygen atoms in total. The Labute approximate surface area is 345 Å². The van der Waals surface area contributed by atoms with Gasteiger partial charge in [0.15, 0.2) is 0 Å². The minimum Gasteiger partial charge on any atom is -0.310 e. The van der Waals surface area contributed by atoms with Crippen molar-refractivity contribution in [2.45, 2.75) is 19.3 Å². The van der Waals surface area contributed by atoms with Crippen molar-refractivity contribution in [2.24, 2.45) is 0 Å². The van der Waals surface area contributed by atoms with Gasteiger partial charge in [0.2, 0.25) is 0 Å². The first kappa shape index (κ1) is 34.8. The number of anilines is 3. The third kappa shape index (κ3) is 5.79. The molecule has 0 amide bonds.